The van der Waals surface area contributed by atoms with Crippen molar-refractivity contribution < 1.29 is 32.4 Å². The minimum absolute atomic E-state index is 0.0397. The Morgan fingerprint density at radius 2 is 1.68 bits per heavy atom. The lowest BCUT2D eigenvalue weighted by Gasteiger charge is -2.36. The zero-order valence-corrected chi connectivity index (χ0v) is 16.4. The van der Waals surface area contributed by atoms with E-state index >= 15 is 0 Å². The third-order valence-corrected chi connectivity index (χ3v) is 4.90. The topological polar surface area (TPSA) is 93.0 Å². The molecule has 1 heterocycles. The number of carbonyl (C=O) groups excluding carboxylic acids is 2. The van der Waals surface area contributed by atoms with Crippen molar-refractivity contribution in [1.82, 2.24) is 4.90 Å². The van der Waals surface area contributed by atoms with Crippen LogP contribution in [0.15, 0.2) is 42.5 Å². The zero-order valence-electron chi connectivity index (χ0n) is 16.4. The number of hydrogen-bond donors (Lipinski definition) is 0. The lowest BCUT2D eigenvalue weighted by atomic mass is 10.1. The number of hydrogen-bond acceptors (Lipinski definition) is 6. The molecule has 0 unspecified atom stereocenters. The number of rotatable bonds is 4. The molecule has 0 radical (unpaired) electrons. The maximum Gasteiger partial charge on any atom is 0.416 e. The Morgan fingerprint density at radius 3 is 2.26 bits per heavy atom. The Morgan fingerprint density at radius 1 is 1.03 bits per heavy atom. The first-order valence-electron chi connectivity index (χ1n) is 9.19. The highest BCUT2D eigenvalue weighted by molar-refractivity contribution is 5.99. The van der Waals surface area contributed by atoms with Gasteiger partial charge in [-0.15, -0.1) is 0 Å². The minimum Gasteiger partial charge on any atom is -0.465 e. The SMILES string of the molecule is COC(=O)c1cc(C(=O)N2CCN(c3cccc(C(F)(F)F)c3)CC2)cc([N+](=O)[O-])c1. The maximum absolute atomic E-state index is 12.9. The predicted molar refractivity (Wildman–Crippen MR) is 104 cm³/mol. The van der Waals surface area contributed by atoms with Gasteiger partial charge in [-0.05, 0) is 24.3 Å². The molecule has 0 saturated carbocycles. The van der Waals surface area contributed by atoms with Gasteiger partial charge < -0.3 is 14.5 Å². The number of anilines is 1. The van der Waals surface area contributed by atoms with Crippen LogP contribution in [0.1, 0.15) is 26.3 Å². The Kier molecular flexibility index (Phi) is 6.14. The molecule has 0 bridgehead atoms. The van der Waals surface area contributed by atoms with Gasteiger partial charge in [0.05, 0.1) is 23.2 Å². The van der Waals surface area contributed by atoms with Crippen LogP contribution in [-0.2, 0) is 10.9 Å². The van der Waals surface area contributed by atoms with Gasteiger partial charge >= 0.3 is 12.1 Å². The standard InChI is InChI=1S/C20H18F3N3O5/c1-31-19(28)14-9-13(10-17(11-14)26(29)30)18(27)25-7-5-24(6-8-25)16-4-2-3-15(12-16)20(21,22)23/h2-4,9-12H,5-8H2,1H3. The number of carbonyl (C=O) groups is 2. The Labute approximate surface area is 175 Å². The van der Waals surface area contributed by atoms with Crippen molar-refractivity contribution in [3.63, 3.8) is 0 Å². The first-order chi connectivity index (χ1) is 14.6. The van der Waals surface area contributed by atoms with E-state index in [-0.39, 0.29) is 37.3 Å². The first-order valence-corrected chi connectivity index (χ1v) is 9.19. The summed E-state index contributed by atoms with van der Waals surface area (Å²) in [4.78, 5) is 38.2. The van der Waals surface area contributed by atoms with Crippen molar-refractivity contribution in [2.45, 2.75) is 6.18 Å². The first kappa shape index (κ1) is 22.1. The second-order valence-corrected chi connectivity index (χ2v) is 6.84. The van der Waals surface area contributed by atoms with Crippen LogP contribution in [0.2, 0.25) is 0 Å². The largest absolute Gasteiger partial charge is 0.465 e. The fourth-order valence-corrected chi connectivity index (χ4v) is 3.31. The van der Waals surface area contributed by atoms with Crippen LogP contribution in [0.3, 0.4) is 0 Å². The highest BCUT2D eigenvalue weighted by Crippen LogP contribution is 2.32. The molecule has 11 heteroatoms. The number of nitrogens with zero attached hydrogens (tertiary/aromatic N) is 3. The van der Waals surface area contributed by atoms with Gasteiger partial charge in [0, 0.05) is 49.6 Å². The summed E-state index contributed by atoms with van der Waals surface area (Å²) in [6.45, 7) is 0.967. The van der Waals surface area contributed by atoms with E-state index in [0.717, 1.165) is 31.4 Å². The van der Waals surface area contributed by atoms with Gasteiger partial charge in [0.2, 0.25) is 0 Å². The number of alkyl halides is 3. The van der Waals surface area contributed by atoms with Crippen LogP contribution in [0.5, 0.6) is 0 Å². The third kappa shape index (κ3) is 4.93. The van der Waals surface area contributed by atoms with E-state index in [0.29, 0.717) is 5.69 Å². The Bertz CT molecular complexity index is 1020. The molecule has 3 rings (SSSR count). The van der Waals surface area contributed by atoms with E-state index in [4.69, 9.17) is 0 Å². The van der Waals surface area contributed by atoms with Crippen molar-refractivity contribution in [1.29, 1.82) is 0 Å². The lowest BCUT2D eigenvalue weighted by Crippen LogP contribution is -2.48. The van der Waals surface area contributed by atoms with E-state index < -0.39 is 34.2 Å². The zero-order chi connectivity index (χ0) is 22.8. The number of esters is 1. The molecule has 0 spiro atoms. The Balaban J connectivity index is 1.76. The molecule has 8 nitrogen and oxygen atoms in total. The molecule has 164 valence electrons. The summed E-state index contributed by atoms with van der Waals surface area (Å²) in [5.74, 6) is -1.33. The summed E-state index contributed by atoms with van der Waals surface area (Å²) in [6, 6.07) is 8.26. The molecule has 1 fully saturated rings. The molecule has 2 aromatic rings. The predicted octanol–water partition coefficient (Wildman–Crippen LogP) is 3.36. The van der Waals surface area contributed by atoms with E-state index in [1.54, 1.807) is 11.0 Å². The van der Waals surface area contributed by atoms with Crippen LogP contribution in [0.4, 0.5) is 24.5 Å². The van der Waals surface area contributed by atoms with Crippen molar-refractivity contribution in [2.24, 2.45) is 0 Å². The van der Waals surface area contributed by atoms with Crippen molar-refractivity contribution in [2.75, 3.05) is 38.2 Å². The van der Waals surface area contributed by atoms with Gasteiger partial charge in [-0.25, -0.2) is 4.79 Å². The summed E-state index contributed by atoms with van der Waals surface area (Å²) in [5, 5.41) is 11.2. The Hall–Kier alpha value is -3.63. The van der Waals surface area contributed by atoms with Crippen LogP contribution in [0.25, 0.3) is 0 Å². The number of halogens is 3. The number of nitro groups is 1. The number of methoxy groups -OCH3 is 1. The fourth-order valence-electron chi connectivity index (χ4n) is 3.31. The molecule has 31 heavy (non-hydrogen) atoms. The molecule has 1 aliphatic rings. The molecular formula is C20H18F3N3O5. The molecule has 2 aromatic carbocycles. The van der Waals surface area contributed by atoms with Crippen LogP contribution < -0.4 is 4.90 Å². The van der Waals surface area contributed by atoms with Gasteiger partial charge in [0.25, 0.3) is 11.6 Å². The summed E-state index contributed by atoms with van der Waals surface area (Å²) >= 11 is 0. The molecule has 0 aromatic heterocycles. The van der Waals surface area contributed by atoms with Crippen LogP contribution in [0, 0.1) is 10.1 Å². The smallest absolute Gasteiger partial charge is 0.416 e. The van der Waals surface area contributed by atoms with E-state index in [9.17, 15) is 32.9 Å². The molecule has 0 N–H and O–H groups in total. The highest BCUT2D eigenvalue weighted by atomic mass is 19.4. The molecule has 1 aliphatic heterocycles. The summed E-state index contributed by atoms with van der Waals surface area (Å²) < 4.78 is 43.4. The monoisotopic (exact) mass is 437 g/mol. The van der Waals surface area contributed by atoms with E-state index in [2.05, 4.69) is 4.74 Å². The van der Waals surface area contributed by atoms with Gasteiger partial charge in [0.1, 0.15) is 0 Å². The number of nitro benzene ring substituents is 1. The summed E-state index contributed by atoms with van der Waals surface area (Å²) in [6.07, 6.45) is -4.45. The second kappa shape index (κ2) is 8.62. The molecule has 0 atom stereocenters. The summed E-state index contributed by atoms with van der Waals surface area (Å²) in [5.41, 5.74) is -0.945. The van der Waals surface area contributed by atoms with Crippen molar-refractivity contribution in [3.05, 3.63) is 69.3 Å². The van der Waals surface area contributed by atoms with Crippen molar-refractivity contribution in [3.8, 4) is 0 Å². The van der Waals surface area contributed by atoms with Crippen LogP contribution in [-0.4, -0.2) is 55.0 Å². The quantitative estimate of drug-likeness (QED) is 0.414. The fraction of sp³-hybridized carbons (Fsp3) is 0.300. The van der Waals surface area contributed by atoms with E-state index in [1.807, 2.05) is 0 Å². The van der Waals surface area contributed by atoms with E-state index in [1.165, 1.54) is 17.0 Å². The van der Waals surface area contributed by atoms with Crippen molar-refractivity contribution >= 4 is 23.3 Å². The average molecular weight is 437 g/mol. The van der Waals surface area contributed by atoms with Gasteiger partial charge in [0.15, 0.2) is 0 Å². The number of non-ortho nitro benzene ring substituents is 1. The minimum atomic E-state index is -4.45. The number of ether oxygens (including phenoxy) is 1. The number of benzene rings is 2. The second-order valence-electron chi connectivity index (χ2n) is 6.84. The van der Waals surface area contributed by atoms with Gasteiger partial charge in [-0.3, -0.25) is 14.9 Å². The van der Waals surface area contributed by atoms with Gasteiger partial charge in [-0.2, -0.15) is 13.2 Å². The van der Waals surface area contributed by atoms with Crippen LogP contribution >= 0.6 is 0 Å². The molecule has 1 saturated heterocycles. The van der Waals surface area contributed by atoms with Gasteiger partial charge in [-0.1, -0.05) is 6.07 Å². The summed E-state index contributed by atoms with van der Waals surface area (Å²) in [7, 11) is 1.12. The molecule has 1 amide bonds. The number of piperazine rings is 1. The lowest BCUT2D eigenvalue weighted by molar-refractivity contribution is -0.384. The molecular weight excluding hydrogens is 419 g/mol. The maximum atomic E-state index is 12.9. The third-order valence-electron chi connectivity index (χ3n) is 4.90. The molecule has 0 aliphatic carbocycles. The normalized spacial score (nSPS) is 14.3. The number of amides is 1. The average Bonchev–Trinajstić information content (AvgIpc) is 2.77. The highest BCUT2D eigenvalue weighted by Gasteiger charge is 2.31.